The van der Waals surface area contributed by atoms with Crippen molar-refractivity contribution in [3.63, 3.8) is 0 Å². The van der Waals surface area contributed by atoms with Crippen LogP contribution in [0.4, 0.5) is 0 Å². The first-order valence-electron chi connectivity index (χ1n) is 7.67. The van der Waals surface area contributed by atoms with Gasteiger partial charge in [0.2, 0.25) is 0 Å². The predicted octanol–water partition coefficient (Wildman–Crippen LogP) is 2.12. The van der Waals surface area contributed by atoms with Gasteiger partial charge in [0.05, 0.1) is 12.7 Å². The van der Waals surface area contributed by atoms with E-state index in [-0.39, 0.29) is 0 Å². The lowest BCUT2D eigenvalue weighted by molar-refractivity contribution is -0.0488. The number of morpholine rings is 1. The van der Waals surface area contributed by atoms with Crippen LogP contribution in [0.5, 0.6) is 0 Å². The molecule has 2 rings (SSSR count). The first-order valence-corrected chi connectivity index (χ1v) is 7.67. The van der Waals surface area contributed by atoms with Gasteiger partial charge in [0, 0.05) is 25.2 Å². The standard InChI is InChI=1S/C15H30N2O/c1-11(2)15(12(3)4)16-8-14-9-17-7-5-6-13(17)10-18-14/h11-16H,5-10H2,1-4H3. The number of hydrogen-bond donors (Lipinski definition) is 1. The van der Waals surface area contributed by atoms with Crippen molar-refractivity contribution < 1.29 is 4.74 Å². The Morgan fingerprint density at radius 2 is 1.94 bits per heavy atom. The number of nitrogens with one attached hydrogen (secondary N) is 1. The van der Waals surface area contributed by atoms with Crippen LogP contribution in [0.3, 0.4) is 0 Å². The molecule has 0 amide bonds. The van der Waals surface area contributed by atoms with Gasteiger partial charge in [0.15, 0.2) is 0 Å². The van der Waals surface area contributed by atoms with E-state index in [1.807, 2.05) is 0 Å². The Morgan fingerprint density at radius 3 is 2.61 bits per heavy atom. The molecule has 2 unspecified atom stereocenters. The van der Waals surface area contributed by atoms with Crippen LogP contribution in [0, 0.1) is 11.8 Å². The monoisotopic (exact) mass is 254 g/mol. The fourth-order valence-electron chi connectivity index (χ4n) is 3.52. The summed E-state index contributed by atoms with van der Waals surface area (Å²) in [6, 6.07) is 1.32. The molecule has 0 saturated carbocycles. The Balaban J connectivity index is 1.76. The zero-order valence-electron chi connectivity index (χ0n) is 12.5. The third-order valence-corrected chi connectivity index (χ3v) is 4.48. The van der Waals surface area contributed by atoms with E-state index in [1.54, 1.807) is 0 Å². The molecule has 2 atom stereocenters. The average molecular weight is 254 g/mol. The minimum Gasteiger partial charge on any atom is -0.374 e. The maximum absolute atomic E-state index is 6.00. The van der Waals surface area contributed by atoms with Crippen molar-refractivity contribution in [2.24, 2.45) is 11.8 Å². The normalized spacial score (nSPS) is 29.5. The van der Waals surface area contributed by atoms with Gasteiger partial charge in [-0.2, -0.15) is 0 Å². The molecule has 0 bridgehead atoms. The molecule has 2 fully saturated rings. The van der Waals surface area contributed by atoms with Crippen LogP contribution in [-0.4, -0.2) is 49.3 Å². The molecule has 0 aromatic carbocycles. The molecule has 2 heterocycles. The van der Waals surface area contributed by atoms with Gasteiger partial charge in [0.25, 0.3) is 0 Å². The maximum Gasteiger partial charge on any atom is 0.0827 e. The fraction of sp³-hybridized carbons (Fsp3) is 1.00. The van der Waals surface area contributed by atoms with Gasteiger partial charge in [-0.05, 0) is 31.2 Å². The summed E-state index contributed by atoms with van der Waals surface area (Å²) in [6.45, 7) is 13.6. The summed E-state index contributed by atoms with van der Waals surface area (Å²) in [6.07, 6.45) is 3.08. The summed E-state index contributed by atoms with van der Waals surface area (Å²) in [5, 5.41) is 3.72. The molecule has 2 aliphatic rings. The summed E-state index contributed by atoms with van der Waals surface area (Å²) in [4.78, 5) is 2.62. The second kappa shape index (κ2) is 6.36. The summed E-state index contributed by atoms with van der Waals surface area (Å²) >= 11 is 0. The van der Waals surface area contributed by atoms with Gasteiger partial charge < -0.3 is 10.1 Å². The van der Waals surface area contributed by atoms with Gasteiger partial charge in [-0.3, -0.25) is 4.90 Å². The average Bonchev–Trinajstić information content (AvgIpc) is 2.75. The lowest BCUT2D eigenvalue weighted by atomic mass is 9.93. The van der Waals surface area contributed by atoms with E-state index in [9.17, 15) is 0 Å². The van der Waals surface area contributed by atoms with E-state index in [1.165, 1.54) is 19.4 Å². The highest BCUT2D eigenvalue weighted by molar-refractivity contribution is 4.86. The highest BCUT2D eigenvalue weighted by atomic mass is 16.5. The van der Waals surface area contributed by atoms with Crippen molar-refractivity contribution in [1.29, 1.82) is 0 Å². The van der Waals surface area contributed by atoms with E-state index in [0.29, 0.717) is 30.0 Å². The van der Waals surface area contributed by atoms with Crippen molar-refractivity contribution in [3.05, 3.63) is 0 Å². The second-order valence-electron chi connectivity index (χ2n) is 6.67. The Kier molecular flexibility index (Phi) is 5.05. The van der Waals surface area contributed by atoms with Crippen molar-refractivity contribution in [2.75, 3.05) is 26.2 Å². The molecular formula is C15H30N2O. The summed E-state index contributed by atoms with van der Waals surface area (Å²) < 4.78 is 6.00. The molecule has 18 heavy (non-hydrogen) atoms. The lowest BCUT2D eigenvalue weighted by Gasteiger charge is -2.36. The SMILES string of the molecule is CC(C)C(NCC1CN2CCCC2CO1)C(C)C. The van der Waals surface area contributed by atoms with Crippen LogP contribution >= 0.6 is 0 Å². The van der Waals surface area contributed by atoms with E-state index in [4.69, 9.17) is 4.74 Å². The van der Waals surface area contributed by atoms with Gasteiger partial charge in [-0.15, -0.1) is 0 Å². The summed E-state index contributed by atoms with van der Waals surface area (Å²) in [5.41, 5.74) is 0. The smallest absolute Gasteiger partial charge is 0.0827 e. The third-order valence-electron chi connectivity index (χ3n) is 4.48. The van der Waals surface area contributed by atoms with Gasteiger partial charge in [0.1, 0.15) is 0 Å². The largest absolute Gasteiger partial charge is 0.374 e. The van der Waals surface area contributed by atoms with Gasteiger partial charge in [-0.25, -0.2) is 0 Å². The van der Waals surface area contributed by atoms with Gasteiger partial charge >= 0.3 is 0 Å². The minimum atomic E-state index is 0.388. The number of hydrogen-bond acceptors (Lipinski definition) is 3. The molecule has 2 saturated heterocycles. The minimum absolute atomic E-state index is 0.388. The van der Waals surface area contributed by atoms with Crippen molar-refractivity contribution >= 4 is 0 Å². The number of nitrogens with zero attached hydrogens (tertiary/aromatic N) is 1. The van der Waals surface area contributed by atoms with Crippen LogP contribution in [0.1, 0.15) is 40.5 Å². The van der Waals surface area contributed by atoms with Crippen LogP contribution < -0.4 is 5.32 Å². The molecule has 0 radical (unpaired) electrons. The van der Waals surface area contributed by atoms with E-state index in [2.05, 4.69) is 37.9 Å². The van der Waals surface area contributed by atoms with Crippen molar-refractivity contribution in [1.82, 2.24) is 10.2 Å². The zero-order chi connectivity index (χ0) is 13.1. The zero-order valence-corrected chi connectivity index (χ0v) is 12.5. The van der Waals surface area contributed by atoms with Crippen LogP contribution in [0.2, 0.25) is 0 Å². The first kappa shape index (κ1) is 14.3. The number of fused-ring (bicyclic) bond motifs is 1. The van der Waals surface area contributed by atoms with Crippen LogP contribution in [-0.2, 0) is 4.74 Å². The molecule has 0 aromatic heterocycles. The second-order valence-corrected chi connectivity index (χ2v) is 6.67. The Bertz CT molecular complexity index is 247. The van der Waals surface area contributed by atoms with E-state index < -0.39 is 0 Å². The fourth-order valence-corrected chi connectivity index (χ4v) is 3.52. The molecule has 0 spiro atoms. The van der Waals surface area contributed by atoms with Gasteiger partial charge in [-0.1, -0.05) is 27.7 Å². The van der Waals surface area contributed by atoms with Crippen molar-refractivity contribution in [2.45, 2.75) is 58.7 Å². The molecule has 2 aliphatic heterocycles. The maximum atomic E-state index is 6.00. The van der Waals surface area contributed by atoms with E-state index >= 15 is 0 Å². The summed E-state index contributed by atoms with van der Waals surface area (Å²) in [5.74, 6) is 1.38. The lowest BCUT2D eigenvalue weighted by Crippen LogP contribution is -2.51. The number of rotatable bonds is 5. The third kappa shape index (κ3) is 3.46. The Labute approximate surface area is 112 Å². The summed E-state index contributed by atoms with van der Waals surface area (Å²) in [7, 11) is 0. The highest BCUT2D eigenvalue weighted by Gasteiger charge is 2.32. The predicted molar refractivity (Wildman–Crippen MR) is 75.8 cm³/mol. The molecule has 3 heteroatoms. The van der Waals surface area contributed by atoms with Crippen LogP contribution in [0.15, 0.2) is 0 Å². The quantitative estimate of drug-likeness (QED) is 0.813. The molecule has 0 aliphatic carbocycles. The molecule has 3 nitrogen and oxygen atoms in total. The Hall–Kier alpha value is -0.120. The van der Waals surface area contributed by atoms with Crippen LogP contribution in [0.25, 0.3) is 0 Å². The highest BCUT2D eigenvalue weighted by Crippen LogP contribution is 2.22. The molecular weight excluding hydrogens is 224 g/mol. The first-order chi connectivity index (χ1) is 8.58. The van der Waals surface area contributed by atoms with E-state index in [0.717, 1.165) is 19.7 Å². The molecule has 1 N–H and O–H groups in total. The van der Waals surface area contributed by atoms with Crippen molar-refractivity contribution in [3.8, 4) is 0 Å². The molecule has 106 valence electrons. The number of ether oxygens (including phenoxy) is 1. The topological polar surface area (TPSA) is 24.5 Å². The molecule has 0 aromatic rings. The Morgan fingerprint density at radius 1 is 1.22 bits per heavy atom.